The number of carbonyl (C=O) groups excluding carboxylic acids is 1. The standard InChI is InChI=1S/C25H35ClN2O4S/c1-4-6-11-20(5-2)19-27-25(29)14-10-17-28(33(3,30)31)23-18-21(26)15-16-24(23)32-22-12-8-7-9-13-22/h7-9,12-13,15-16,18,20H,4-6,10-11,14,17,19H2,1-3H3,(H,27,29)/t20-/m1/s1. The highest BCUT2D eigenvalue weighted by Gasteiger charge is 2.22. The molecule has 33 heavy (non-hydrogen) atoms. The summed E-state index contributed by atoms with van der Waals surface area (Å²) in [7, 11) is -3.62. The maximum absolute atomic E-state index is 12.6. The van der Waals surface area contributed by atoms with E-state index in [-0.39, 0.29) is 18.9 Å². The molecule has 1 atom stereocenters. The fraction of sp³-hybridized carbons (Fsp3) is 0.480. The second-order valence-corrected chi connectivity index (χ2v) is 10.5. The second-order valence-electron chi connectivity index (χ2n) is 8.19. The summed E-state index contributed by atoms with van der Waals surface area (Å²) in [6.45, 7) is 5.10. The van der Waals surface area contributed by atoms with Crippen LogP contribution in [0.2, 0.25) is 5.02 Å². The normalized spacial score (nSPS) is 12.2. The van der Waals surface area contributed by atoms with Crippen LogP contribution in [0.15, 0.2) is 48.5 Å². The van der Waals surface area contributed by atoms with Crippen LogP contribution in [-0.4, -0.2) is 33.7 Å². The molecule has 182 valence electrons. The number of unbranched alkanes of at least 4 members (excludes halogenated alkanes) is 1. The number of carbonyl (C=O) groups is 1. The first-order valence-electron chi connectivity index (χ1n) is 11.5. The van der Waals surface area contributed by atoms with Gasteiger partial charge in [0, 0.05) is 24.5 Å². The Morgan fingerprint density at radius 1 is 1.12 bits per heavy atom. The van der Waals surface area contributed by atoms with Gasteiger partial charge >= 0.3 is 0 Å². The monoisotopic (exact) mass is 494 g/mol. The zero-order chi connectivity index (χ0) is 24.3. The van der Waals surface area contributed by atoms with Crippen molar-refractivity contribution < 1.29 is 17.9 Å². The second kappa shape index (κ2) is 13.5. The quantitative estimate of drug-likeness (QED) is 0.349. The number of para-hydroxylation sites is 1. The molecule has 2 aromatic rings. The molecule has 0 fully saturated rings. The smallest absolute Gasteiger partial charge is 0.232 e. The van der Waals surface area contributed by atoms with E-state index in [1.54, 1.807) is 30.3 Å². The lowest BCUT2D eigenvalue weighted by atomic mass is 9.99. The molecule has 0 heterocycles. The first kappa shape index (κ1) is 27.0. The van der Waals surface area contributed by atoms with Gasteiger partial charge in [0.05, 0.1) is 11.9 Å². The van der Waals surface area contributed by atoms with Gasteiger partial charge < -0.3 is 10.1 Å². The summed E-state index contributed by atoms with van der Waals surface area (Å²) in [5, 5.41) is 3.39. The summed E-state index contributed by atoms with van der Waals surface area (Å²) >= 11 is 6.18. The Bertz CT molecular complexity index is 983. The van der Waals surface area contributed by atoms with Crippen molar-refractivity contribution >= 4 is 33.2 Å². The van der Waals surface area contributed by atoms with Crippen LogP contribution in [0.5, 0.6) is 11.5 Å². The molecule has 2 rings (SSSR count). The minimum absolute atomic E-state index is 0.0646. The van der Waals surface area contributed by atoms with Gasteiger partial charge in [0.1, 0.15) is 5.75 Å². The molecule has 6 nitrogen and oxygen atoms in total. The predicted octanol–water partition coefficient (Wildman–Crippen LogP) is 6.01. The summed E-state index contributed by atoms with van der Waals surface area (Å²) in [5.74, 6) is 1.38. The van der Waals surface area contributed by atoms with Gasteiger partial charge in [-0.2, -0.15) is 0 Å². The zero-order valence-electron chi connectivity index (χ0n) is 19.7. The molecule has 8 heteroatoms. The van der Waals surface area contributed by atoms with Crippen LogP contribution in [0.25, 0.3) is 0 Å². The van der Waals surface area contributed by atoms with Crippen molar-refractivity contribution in [2.75, 3.05) is 23.7 Å². The molecule has 0 aliphatic carbocycles. The maximum Gasteiger partial charge on any atom is 0.232 e. The number of amides is 1. The van der Waals surface area contributed by atoms with E-state index in [9.17, 15) is 13.2 Å². The third kappa shape index (κ3) is 9.26. The molecular formula is C25H35ClN2O4S. The van der Waals surface area contributed by atoms with E-state index < -0.39 is 10.0 Å². The van der Waals surface area contributed by atoms with Crippen molar-refractivity contribution in [3.63, 3.8) is 0 Å². The molecule has 0 spiro atoms. The number of hydrogen-bond acceptors (Lipinski definition) is 4. The van der Waals surface area contributed by atoms with Crippen LogP contribution in [0, 0.1) is 5.92 Å². The molecule has 0 radical (unpaired) electrons. The molecular weight excluding hydrogens is 460 g/mol. The third-order valence-electron chi connectivity index (χ3n) is 5.46. The fourth-order valence-corrected chi connectivity index (χ4v) is 4.65. The van der Waals surface area contributed by atoms with Crippen molar-refractivity contribution in [2.45, 2.75) is 52.4 Å². The number of ether oxygens (including phenoxy) is 1. The van der Waals surface area contributed by atoms with Gasteiger partial charge in [-0.05, 0) is 49.1 Å². The van der Waals surface area contributed by atoms with Gasteiger partial charge in [0.25, 0.3) is 0 Å². The summed E-state index contributed by atoms with van der Waals surface area (Å²) < 4.78 is 32.4. The van der Waals surface area contributed by atoms with Crippen LogP contribution >= 0.6 is 11.6 Å². The van der Waals surface area contributed by atoms with Crippen LogP contribution in [0.3, 0.4) is 0 Å². The van der Waals surface area contributed by atoms with Gasteiger partial charge in [0.2, 0.25) is 15.9 Å². The lowest BCUT2D eigenvalue weighted by molar-refractivity contribution is -0.121. The predicted molar refractivity (Wildman–Crippen MR) is 136 cm³/mol. The van der Waals surface area contributed by atoms with E-state index in [1.165, 1.54) is 4.31 Å². The topological polar surface area (TPSA) is 75.7 Å². The average Bonchev–Trinajstić information content (AvgIpc) is 2.78. The minimum Gasteiger partial charge on any atom is -0.455 e. The molecule has 0 aromatic heterocycles. The number of nitrogens with one attached hydrogen (secondary N) is 1. The summed E-state index contributed by atoms with van der Waals surface area (Å²) in [6.07, 6.45) is 6.19. The van der Waals surface area contributed by atoms with Crippen molar-refractivity contribution in [1.82, 2.24) is 5.32 Å². The highest BCUT2D eigenvalue weighted by atomic mass is 35.5. The SMILES string of the molecule is CCCC[C@@H](CC)CNC(=O)CCCN(c1cc(Cl)ccc1Oc1ccccc1)S(C)(=O)=O. The van der Waals surface area contributed by atoms with E-state index in [4.69, 9.17) is 16.3 Å². The van der Waals surface area contributed by atoms with E-state index in [1.807, 2.05) is 18.2 Å². The van der Waals surface area contributed by atoms with Crippen LogP contribution in [0.1, 0.15) is 52.4 Å². The van der Waals surface area contributed by atoms with Crippen LogP contribution < -0.4 is 14.4 Å². The third-order valence-corrected chi connectivity index (χ3v) is 6.87. The number of anilines is 1. The summed E-state index contributed by atoms with van der Waals surface area (Å²) in [5.41, 5.74) is 0.347. The number of rotatable bonds is 14. The van der Waals surface area contributed by atoms with E-state index in [2.05, 4.69) is 19.2 Å². The van der Waals surface area contributed by atoms with Gasteiger partial charge in [-0.25, -0.2) is 8.42 Å². The largest absolute Gasteiger partial charge is 0.455 e. The Labute approximate surface area is 203 Å². The van der Waals surface area contributed by atoms with Gasteiger partial charge in [-0.3, -0.25) is 9.10 Å². The molecule has 0 unspecified atom stereocenters. The fourth-order valence-electron chi connectivity index (χ4n) is 3.53. The minimum atomic E-state index is -3.62. The van der Waals surface area contributed by atoms with Crippen molar-refractivity contribution in [1.29, 1.82) is 0 Å². The maximum atomic E-state index is 12.6. The number of nitrogens with zero attached hydrogens (tertiary/aromatic N) is 1. The number of benzene rings is 2. The first-order chi connectivity index (χ1) is 15.7. The lowest BCUT2D eigenvalue weighted by Crippen LogP contribution is -2.33. The van der Waals surface area contributed by atoms with Crippen LogP contribution in [0.4, 0.5) is 5.69 Å². The molecule has 0 aliphatic rings. The van der Waals surface area contributed by atoms with Gasteiger partial charge in [0.15, 0.2) is 5.75 Å². The first-order valence-corrected chi connectivity index (χ1v) is 13.7. The molecule has 0 bridgehead atoms. The van der Waals surface area contributed by atoms with Gasteiger partial charge in [-0.15, -0.1) is 0 Å². The highest BCUT2D eigenvalue weighted by Crippen LogP contribution is 2.36. The zero-order valence-corrected chi connectivity index (χ0v) is 21.3. The Kier molecular flexibility index (Phi) is 11.0. The van der Waals surface area contributed by atoms with Gasteiger partial charge in [-0.1, -0.05) is 62.9 Å². The van der Waals surface area contributed by atoms with Crippen molar-refractivity contribution in [3.8, 4) is 11.5 Å². The Morgan fingerprint density at radius 3 is 2.48 bits per heavy atom. The molecule has 0 aliphatic heterocycles. The summed E-state index contributed by atoms with van der Waals surface area (Å²) in [6, 6.07) is 14.0. The Morgan fingerprint density at radius 2 is 1.85 bits per heavy atom. The summed E-state index contributed by atoms with van der Waals surface area (Å²) in [4.78, 5) is 12.3. The number of halogens is 1. The number of sulfonamides is 1. The molecule has 0 saturated carbocycles. The highest BCUT2D eigenvalue weighted by molar-refractivity contribution is 7.92. The Balaban J connectivity index is 2.06. The molecule has 2 aromatic carbocycles. The van der Waals surface area contributed by atoms with E-state index in [0.717, 1.165) is 31.9 Å². The van der Waals surface area contributed by atoms with Crippen molar-refractivity contribution in [2.24, 2.45) is 5.92 Å². The number of hydrogen-bond donors (Lipinski definition) is 1. The molecule has 1 amide bonds. The van der Waals surface area contributed by atoms with Crippen LogP contribution in [-0.2, 0) is 14.8 Å². The Hall–Kier alpha value is -2.25. The lowest BCUT2D eigenvalue weighted by Gasteiger charge is -2.25. The molecule has 1 N–H and O–H groups in total. The van der Waals surface area contributed by atoms with E-state index >= 15 is 0 Å². The van der Waals surface area contributed by atoms with E-state index in [0.29, 0.717) is 41.1 Å². The molecule has 0 saturated heterocycles. The van der Waals surface area contributed by atoms with Crippen molar-refractivity contribution in [3.05, 3.63) is 53.6 Å². The average molecular weight is 495 g/mol.